The summed E-state index contributed by atoms with van der Waals surface area (Å²) < 4.78 is 103. The van der Waals surface area contributed by atoms with Crippen molar-refractivity contribution in [3.8, 4) is 28.8 Å². The molecule has 0 spiro atoms. The van der Waals surface area contributed by atoms with E-state index in [4.69, 9.17) is 0 Å². The van der Waals surface area contributed by atoms with Crippen LogP contribution in [0, 0.1) is 40.9 Å². The third-order valence-corrected chi connectivity index (χ3v) is 5.99. The van der Waals surface area contributed by atoms with Gasteiger partial charge < -0.3 is 4.74 Å². The first-order valence-corrected chi connectivity index (χ1v) is 12.4. The van der Waals surface area contributed by atoms with E-state index in [1.165, 1.54) is 12.1 Å². The SMILES string of the molecule is CCCCCc1ccc(-c2ccc(C(F)(F)Oc3cc(F)c(C#Cc4cc(F)c(F)c(F)c4)c(F)c3)cc2)nc1. The summed E-state index contributed by atoms with van der Waals surface area (Å²) in [6, 6.07) is 11.0. The summed E-state index contributed by atoms with van der Waals surface area (Å²) in [5.74, 6) is -4.15. The van der Waals surface area contributed by atoms with Crippen LogP contribution in [0.2, 0.25) is 0 Å². The molecule has 1 aromatic heterocycles. The van der Waals surface area contributed by atoms with Crippen LogP contribution < -0.4 is 4.74 Å². The molecule has 0 aliphatic rings. The van der Waals surface area contributed by atoms with Crippen molar-refractivity contribution in [1.29, 1.82) is 0 Å². The van der Waals surface area contributed by atoms with Crippen LogP contribution in [-0.4, -0.2) is 4.98 Å². The molecular formula is C31H22F7NO. The van der Waals surface area contributed by atoms with Crippen molar-refractivity contribution in [2.45, 2.75) is 38.7 Å². The molecule has 9 heteroatoms. The molecule has 40 heavy (non-hydrogen) atoms. The fourth-order valence-electron chi connectivity index (χ4n) is 3.85. The molecule has 3 aromatic carbocycles. The van der Waals surface area contributed by atoms with Gasteiger partial charge in [-0.2, -0.15) is 8.78 Å². The largest absolute Gasteiger partial charge is 0.429 e. The molecule has 0 fully saturated rings. The van der Waals surface area contributed by atoms with Gasteiger partial charge in [-0.05, 0) is 48.7 Å². The number of halogens is 7. The van der Waals surface area contributed by atoms with Crippen molar-refractivity contribution < 1.29 is 35.5 Å². The second kappa shape index (κ2) is 12.2. The number of nitrogens with zero attached hydrogens (tertiary/aromatic N) is 1. The summed E-state index contributed by atoms with van der Waals surface area (Å²) in [5, 5.41) is 0. The molecule has 0 N–H and O–H groups in total. The van der Waals surface area contributed by atoms with Crippen LogP contribution in [0.3, 0.4) is 0 Å². The summed E-state index contributed by atoms with van der Waals surface area (Å²) in [6.07, 6.45) is 2.02. The Kier molecular flexibility index (Phi) is 8.78. The van der Waals surface area contributed by atoms with Gasteiger partial charge in [-0.25, -0.2) is 22.0 Å². The van der Waals surface area contributed by atoms with Crippen molar-refractivity contribution in [2.75, 3.05) is 0 Å². The third kappa shape index (κ3) is 6.81. The maximum atomic E-state index is 14.8. The van der Waals surface area contributed by atoms with Gasteiger partial charge in [-0.15, -0.1) is 0 Å². The Bertz CT molecular complexity index is 1510. The van der Waals surface area contributed by atoms with Crippen LogP contribution in [0.1, 0.15) is 48.4 Å². The van der Waals surface area contributed by atoms with Crippen molar-refractivity contribution in [3.05, 3.63) is 118 Å². The lowest BCUT2D eigenvalue weighted by Gasteiger charge is -2.19. The molecule has 206 valence electrons. The van der Waals surface area contributed by atoms with Gasteiger partial charge >= 0.3 is 6.11 Å². The second-order valence-corrected chi connectivity index (χ2v) is 8.97. The van der Waals surface area contributed by atoms with Gasteiger partial charge in [0, 0.05) is 29.5 Å². The number of rotatable bonds is 8. The summed E-state index contributed by atoms with van der Waals surface area (Å²) in [5.41, 5.74) is 0.487. The fraction of sp³-hybridized carbons (Fsp3) is 0.194. The predicted molar refractivity (Wildman–Crippen MR) is 136 cm³/mol. The van der Waals surface area contributed by atoms with Crippen molar-refractivity contribution in [3.63, 3.8) is 0 Å². The lowest BCUT2D eigenvalue weighted by Crippen LogP contribution is -2.22. The van der Waals surface area contributed by atoms with Crippen molar-refractivity contribution in [2.24, 2.45) is 0 Å². The second-order valence-electron chi connectivity index (χ2n) is 8.97. The number of aromatic nitrogens is 1. The number of benzene rings is 3. The Hall–Kier alpha value is -4.32. The van der Waals surface area contributed by atoms with Crippen LogP contribution in [0.15, 0.2) is 66.9 Å². The Morgan fingerprint density at radius 3 is 2.00 bits per heavy atom. The number of pyridine rings is 1. The van der Waals surface area contributed by atoms with Crippen molar-refractivity contribution in [1.82, 2.24) is 4.98 Å². The summed E-state index contributed by atoms with van der Waals surface area (Å²) in [6.45, 7) is 2.12. The van der Waals surface area contributed by atoms with Gasteiger partial charge in [-0.3, -0.25) is 4.98 Å². The minimum atomic E-state index is -3.94. The molecule has 4 aromatic rings. The molecule has 0 atom stereocenters. The highest BCUT2D eigenvalue weighted by atomic mass is 19.3. The van der Waals surface area contributed by atoms with E-state index < -0.39 is 52.1 Å². The Morgan fingerprint density at radius 1 is 0.775 bits per heavy atom. The van der Waals surface area contributed by atoms with E-state index in [1.54, 1.807) is 6.20 Å². The summed E-state index contributed by atoms with van der Waals surface area (Å²) in [4.78, 5) is 4.39. The summed E-state index contributed by atoms with van der Waals surface area (Å²) >= 11 is 0. The van der Waals surface area contributed by atoms with Gasteiger partial charge in [0.25, 0.3) is 0 Å². The zero-order valence-electron chi connectivity index (χ0n) is 21.2. The number of aryl methyl sites for hydroxylation is 1. The maximum Gasteiger partial charge on any atom is 0.426 e. The molecule has 0 bridgehead atoms. The average Bonchev–Trinajstić information content (AvgIpc) is 2.91. The van der Waals surface area contributed by atoms with E-state index in [9.17, 15) is 30.7 Å². The highest BCUT2D eigenvalue weighted by Gasteiger charge is 2.35. The zero-order chi connectivity index (χ0) is 28.9. The van der Waals surface area contributed by atoms with Crippen LogP contribution in [-0.2, 0) is 12.5 Å². The Labute approximate surface area is 226 Å². The smallest absolute Gasteiger partial charge is 0.426 e. The molecule has 4 rings (SSSR count). The lowest BCUT2D eigenvalue weighted by atomic mass is 10.1. The number of hydrogen-bond acceptors (Lipinski definition) is 2. The molecule has 0 amide bonds. The molecular weight excluding hydrogens is 535 g/mol. The van der Waals surface area contributed by atoms with Gasteiger partial charge in [0.1, 0.15) is 17.4 Å². The number of alkyl halides is 2. The molecule has 1 heterocycles. The zero-order valence-corrected chi connectivity index (χ0v) is 21.2. The van der Waals surface area contributed by atoms with E-state index in [1.807, 2.05) is 18.1 Å². The minimum absolute atomic E-state index is 0.386. The monoisotopic (exact) mass is 557 g/mol. The molecule has 2 nitrogen and oxygen atoms in total. The van der Waals surface area contributed by atoms with E-state index in [2.05, 4.69) is 22.6 Å². The highest BCUT2D eigenvalue weighted by molar-refractivity contribution is 5.59. The average molecular weight is 558 g/mol. The third-order valence-electron chi connectivity index (χ3n) is 5.99. The Morgan fingerprint density at radius 2 is 1.43 bits per heavy atom. The highest BCUT2D eigenvalue weighted by Crippen LogP contribution is 2.34. The topological polar surface area (TPSA) is 22.1 Å². The lowest BCUT2D eigenvalue weighted by molar-refractivity contribution is -0.185. The van der Waals surface area contributed by atoms with Gasteiger partial charge in [0.05, 0.1) is 16.8 Å². The van der Waals surface area contributed by atoms with Gasteiger partial charge in [0.15, 0.2) is 17.5 Å². The van der Waals surface area contributed by atoms with Crippen LogP contribution >= 0.6 is 0 Å². The van der Waals surface area contributed by atoms with Crippen LogP contribution in [0.25, 0.3) is 11.3 Å². The number of hydrogen-bond donors (Lipinski definition) is 0. The molecule has 0 radical (unpaired) electrons. The Balaban J connectivity index is 1.48. The van der Waals surface area contributed by atoms with E-state index in [-0.39, 0.29) is 5.56 Å². The standard InChI is InChI=1S/C31H22F7NO/c1-2-3-4-5-19-7-13-29(39-18-19)21-8-10-22(11-9-21)31(37,38)40-23-16-25(32)24(26(33)17-23)12-6-20-14-27(34)30(36)28(35)15-20/h7-11,13-18H,2-5H2,1H3. The predicted octanol–water partition coefficient (Wildman–Crippen LogP) is 8.70. The summed E-state index contributed by atoms with van der Waals surface area (Å²) in [7, 11) is 0. The quantitative estimate of drug-likeness (QED) is 0.0936. The normalized spacial score (nSPS) is 11.2. The van der Waals surface area contributed by atoms with E-state index >= 15 is 0 Å². The van der Waals surface area contributed by atoms with E-state index in [0.717, 1.165) is 43.4 Å². The van der Waals surface area contributed by atoms with Gasteiger partial charge in [-0.1, -0.05) is 49.8 Å². The molecule has 0 aliphatic carbocycles. The van der Waals surface area contributed by atoms with Crippen LogP contribution in [0.5, 0.6) is 5.75 Å². The fourth-order valence-corrected chi connectivity index (χ4v) is 3.85. The maximum absolute atomic E-state index is 14.8. The van der Waals surface area contributed by atoms with E-state index in [0.29, 0.717) is 35.5 Å². The first kappa shape index (κ1) is 28.7. The van der Waals surface area contributed by atoms with Crippen LogP contribution in [0.4, 0.5) is 30.7 Å². The molecule has 0 saturated carbocycles. The molecule has 0 saturated heterocycles. The first-order valence-electron chi connectivity index (χ1n) is 12.4. The molecule has 0 unspecified atom stereocenters. The number of ether oxygens (including phenoxy) is 1. The molecule has 0 aliphatic heterocycles. The minimum Gasteiger partial charge on any atom is -0.429 e. The van der Waals surface area contributed by atoms with Crippen molar-refractivity contribution >= 4 is 0 Å². The number of unbranched alkanes of at least 4 members (excludes halogenated alkanes) is 2. The van der Waals surface area contributed by atoms with Gasteiger partial charge in [0.2, 0.25) is 0 Å². The first-order chi connectivity index (χ1) is 19.1.